The van der Waals surface area contributed by atoms with Gasteiger partial charge in [-0.3, -0.25) is 19.7 Å². The van der Waals surface area contributed by atoms with Gasteiger partial charge in [0.1, 0.15) is 10.8 Å². The molecule has 0 fully saturated rings. The van der Waals surface area contributed by atoms with Crippen LogP contribution in [0.5, 0.6) is 5.75 Å². The fraction of sp³-hybridized carbons (Fsp3) is 0.0455. The van der Waals surface area contributed by atoms with Gasteiger partial charge >= 0.3 is 0 Å². The molecule has 9 nitrogen and oxygen atoms in total. The Labute approximate surface area is 187 Å². The van der Waals surface area contributed by atoms with Crippen LogP contribution in [-0.4, -0.2) is 30.1 Å². The standard InChI is InChI=1S/C22H17ClN4O5/c1-32-16-6-4-5-14(11-16)13-24-26-22(29)17-7-2-3-8-19(17)25-21(28)15-9-10-20(27(30)31)18(23)12-15/h2-13H,1H3,(H,25,28)(H,26,29)/b24-13-. The van der Waals surface area contributed by atoms with Gasteiger partial charge in [0, 0.05) is 11.6 Å². The Bertz CT molecular complexity index is 1210. The normalized spacial score (nSPS) is 10.6. The Balaban J connectivity index is 1.73. The van der Waals surface area contributed by atoms with Crippen molar-refractivity contribution in [2.75, 3.05) is 12.4 Å². The summed E-state index contributed by atoms with van der Waals surface area (Å²) in [5.41, 5.74) is 3.34. The first-order valence-corrected chi connectivity index (χ1v) is 9.58. The monoisotopic (exact) mass is 452 g/mol. The van der Waals surface area contributed by atoms with Gasteiger partial charge in [-0.1, -0.05) is 35.9 Å². The van der Waals surface area contributed by atoms with Gasteiger partial charge < -0.3 is 10.1 Å². The lowest BCUT2D eigenvalue weighted by atomic mass is 10.1. The molecule has 10 heteroatoms. The maximum atomic E-state index is 12.6. The highest BCUT2D eigenvalue weighted by Gasteiger charge is 2.17. The SMILES string of the molecule is COc1cccc(/C=N\NC(=O)c2ccccc2NC(=O)c2ccc([N+](=O)[O-])c(Cl)c2)c1. The Hall–Kier alpha value is -4.24. The Morgan fingerprint density at radius 2 is 1.84 bits per heavy atom. The predicted octanol–water partition coefficient (Wildman–Crippen LogP) is 4.27. The fourth-order valence-electron chi connectivity index (χ4n) is 2.73. The van der Waals surface area contributed by atoms with Crippen LogP contribution >= 0.6 is 11.6 Å². The van der Waals surface area contributed by atoms with Crippen LogP contribution in [0.2, 0.25) is 5.02 Å². The number of hydrogen-bond acceptors (Lipinski definition) is 6. The van der Waals surface area contributed by atoms with Crippen molar-refractivity contribution in [2.45, 2.75) is 0 Å². The van der Waals surface area contributed by atoms with Crippen LogP contribution in [0.3, 0.4) is 0 Å². The van der Waals surface area contributed by atoms with E-state index in [2.05, 4.69) is 15.8 Å². The van der Waals surface area contributed by atoms with Crippen molar-refractivity contribution in [1.29, 1.82) is 0 Å². The second kappa shape index (κ2) is 10.2. The van der Waals surface area contributed by atoms with Gasteiger partial charge in [-0.15, -0.1) is 0 Å². The minimum absolute atomic E-state index is 0.104. The summed E-state index contributed by atoms with van der Waals surface area (Å²) in [6, 6.07) is 17.1. The molecule has 0 atom stereocenters. The summed E-state index contributed by atoms with van der Waals surface area (Å²) in [5, 5.41) is 17.3. The number of rotatable bonds is 7. The van der Waals surface area contributed by atoms with Gasteiger partial charge in [0.05, 0.1) is 29.5 Å². The van der Waals surface area contributed by atoms with Crippen LogP contribution < -0.4 is 15.5 Å². The van der Waals surface area contributed by atoms with E-state index in [1.807, 2.05) is 0 Å². The molecule has 0 unspecified atom stereocenters. The first kappa shape index (κ1) is 22.4. The summed E-state index contributed by atoms with van der Waals surface area (Å²) in [7, 11) is 1.55. The lowest BCUT2D eigenvalue weighted by Gasteiger charge is -2.10. The first-order valence-electron chi connectivity index (χ1n) is 9.21. The maximum absolute atomic E-state index is 12.6. The average molecular weight is 453 g/mol. The van der Waals surface area contributed by atoms with Crippen molar-refractivity contribution >= 4 is 41.0 Å². The van der Waals surface area contributed by atoms with Crippen molar-refractivity contribution in [3.63, 3.8) is 0 Å². The summed E-state index contributed by atoms with van der Waals surface area (Å²) < 4.78 is 5.14. The quantitative estimate of drug-likeness (QED) is 0.315. The summed E-state index contributed by atoms with van der Waals surface area (Å²) in [4.78, 5) is 35.4. The van der Waals surface area contributed by atoms with E-state index in [0.717, 1.165) is 11.6 Å². The predicted molar refractivity (Wildman–Crippen MR) is 121 cm³/mol. The fourth-order valence-corrected chi connectivity index (χ4v) is 2.98. The molecule has 32 heavy (non-hydrogen) atoms. The van der Waals surface area contributed by atoms with Gasteiger partial charge in [0.25, 0.3) is 17.5 Å². The highest BCUT2D eigenvalue weighted by molar-refractivity contribution is 6.33. The van der Waals surface area contributed by atoms with E-state index in [1.165, 1.54) is 24.4 Å². The molecule has 0 saturated carbocycles. The molecule has 0 bridgehead atoms. The first-order chi connectivity index (χ1) is 15.4. The Kier molecular flexibility index (Phi) is 7.14. The summed E-state index contributed by atoms with van der Waals surface area (Å²) >= 11 is 5.87. The second-order valence-corrected chi connectivity index (χ2v) is 6.81. The number of nitro benzene ring substituents is 1. The molecule has 0 aromatic heterocycles. The molecule has 3 aromatic rings. The number of carbonyl (C=O) groups is 2. The minimum Gasteiger partial charge on any atom is -0.497 e. The number of methoxy groups -OCH3 is 1. The van der Waals surface area contributed by atoms with Crippen LogP contribution in [0, 0.1) is 10.1 Å². The van der Waals surface area contributed by atoms with Crippen LogP contribution in [-0.2, 0) is 0 Å². The number of anilines is 1. The molecule has 0 aliphatic rings. The zero-order valence-corrected chi connectivity index (χ0v) is 17.5. The molecular formula is C22H17ClN4O5. The van der Waals surface area contributed by atoms with Gasteiger partial charge in [-0.25, -0.2) is 5.43 Å². The molecule has 0 aliphatic carbocycles. The van der Waals surface area contributed by atoms with E-state index in [-0.39, 0.29) is 27.5 Å². The van der Waals surface area contributed by atoms with Crippen LogP contribution in [0.4, 0.5) is 11.4 Å². The van der Waals surface area contributed by atoms with E-state index >= 15 is 0 Å². The van der Waals surface area contributed by atoms with E-state index < -0.39 is 16.7 Å². The van der Waals surface area contributed by atoms with Crippen molar-refractivity contribution in [1.82, 2.24) is 5.43 Å². The topological polar surface area (TPSA) is 123 Å². The number of nitro groups is 1. The number of nitrogens with one attached hydrogen (secondary N) is 2. The number of halogens is 1. The van der Waals surface area contributed by atoms with Gasteiger partial charge in [0.15, 0.2) is 0 Å². The molecule has 0 radical (unpaired) electrons. The lowest BCUT2D eigenvalue weighted by Crippen LogP contribution is -2.21. The Morgan fingerprint density at radius 3 is 2.56 bits per heavy atom. The molecule has 0 heterocycles. The summed E-state index contributed by atoms with van der Waals surface area (Å²) in [5.74, 6) is -0.469. The van der Waals surface area contributed by atoms with E-state index in [0.29, 0.717) is 5.75 Å². The highest BCUT2D eigenvalue weighted by atomic mass is 35.5. The summed E-state index contributed by atoms with van der Waals surface area (Å²) in [6.45, 7) is 0. The van der Waals surface area contributed by atoms with Crippen molar-refractivity contribution in [2.24, 2.45) is 5.10 Å². The number of carbonyl (C=O) groups excluding carboxylic acids is 2. The number of para-hydroxylation sites is 1. The summed E-state index contributed by atoms with van der Waals surface area (Å²) in [6.07, 6.45) is 1.46. The average Bonchev–Trinajstić information content (AvgIpc) is 2.79. The van der Waals surface area contributed by atoms with E-state index in [4.69, 9.17) is 16.3 Å². The molecule has 0 saturated heterocycles. The number of nitrogens with zero attached hydrogens (tertiary/aromatic N) is 2. The third kappa shape index (κ3) is 5.46. The second-order valence-electron chi connectivity index (χ2n) is 6.40. The van der Waals surface area contributed by atoms with Gasteiger partial charge in [0.2, 0.25) is 0 Å². The molecule has 162 valence electrons. The molecular weight excluding hydrogens is 436 g/mol. The van der Waals surface area contributed by atoms with Crippen molar-refractivity contribution < 1.29 is 19.2 Å². The minimum atomic E-state index is -0.643. The molecule has 2 N–H and O–H groups in total. The molecule has 3 rings (SSSR count). The number of hydrazone groups is 1. The molecule has 0 spiro atoms. The smallest absolute Gasteiger partial charge is 0.287 e. The highest BCUT2D eigenvalue weighted by Crippen LogP contribution is 2.25. The van der Waals surface area contributed by atoms with Crippen LogP contribution in [0.15, 0.2) is 71.8 Å². The van der Waals surface area contributed by atoms with Crippen LogP contribution in [0.25, 0.3) is 0 Å². The third-order valence-corrected chi connectivity index (χ3v) is 4.60. The third-order valence-electron chi connectivity index (χ3n) is 4.30. The van der Waals surface area contributed by atoms with Crippen molar-refractivity contribution in [3.8, 4) is 5.75 Å². The number of hydrogen-bond donors (Lipinski definition) is 2. The van der Waals surface area contributed by atoms with Gasteiger partial charge in [-0.2, -0.15) is 5.10 Å². The zero-order valence-electron chi connectivity index (χ0n) is 16.7. The number of ether oxygens (including phenoxy) is 1. The van der Waals surface area contributed by atoms with Crippen LogP contribution in [0.1, 0.15) is 26.3 Å². The lowest BCUT2D eigenvalue weighted by molar-refractivity contribution is -0.384. The molecule has 3 aromatic carbocycles. The molecule has 0 aliphatic heterocycles. The zero-order chi connectivity index (χ0) is 23.1. The number of amides is 2. The van der Waals surface area contributed by atoms with Crippen molar-refractivity contribution in [3.05, 3.63) is 98.6 Å². The number of benzene rings is 3. The Morgan fingerprint density at radius 1 is 1.06 bits per heavy atom. The maximum Gasteiger partial charge on any atom is 0.287 e. The molecule has 2 amide bonds. The van der Waals surface area contributed by atoms with Gasteiger partial charge in [-0.05, 0) is 42.0 Å². The largest absolute Gasteiger partial charge is 0.497 e. The van der Waals surface area contributed by atoms with E-state index in [1.54, 1.807) is 49.6 Å². The van der Waals surface area contributed by atoms with E-state index in [9.17, 15) is 19.7 Å².